The summed E-state index contributed by atoms with van der Waals surface area (Å²) in [6, 6.07) is 14.3. The van der Waals surface area contributed by atoms with Gasteiger partial charge in [0.25, 0.3) is 0 Å². The Morgan fingerprint density at radius 2 is 0.880 bits per heavy atom. The maximum Gasteiger partial charge on any atom is -0.00199 e. The van der Waals surface area contributed by atoms with Gasteiger partial charge in [-0.2, -0.15) is 0 Å². The largest absolute Gasteiger partial charge is 0.0587 e. The van der Waals surface area contributed by atoms with Crippen LogP contribution in [0.15, 0.2) is 36.4 Å². The van der Waals surface area contributed by atoms with Gasteiger partial charge in [-0.3, -0.25) is 0 Å². The zero-order chi connectivity index (χ0) is 18.7. The van der Waals surface area contributed by atoms with Crippen molar-refractivity contribution in [3.05, 3.63) is 69.8 Å². The average molecular weight is 337 g/mol. The SMILES string of the molecule is CC(C)c1ccc(C(C)C)c(Cc2cc(C(C)C)ccc2C(C)C)c1. The van der Waals surface area contributed by atoms with E-state index in [4.69, 9.17) is 0 Å². The van der Waals surface area contributed by atoms with Crippen molar-refractivity contribution in [2.24, 2.45) is 0 Å². The zero-order valence-electron chi connectivity index (χ0n) is 17.5. The van der Waals surface area contributed by atoms with E-state index in [2.05, 4.69) is 91.8 Å². The van der Waals surface area contributed by atoms with Crippen LogP contribution in [-0.2, 0) is 6.42 Å². The minimum atomic E-state index is 0.562. The van der Waals surface area contributed by atoms with E-state index in [1.807, 2.05) is 0 Å². The smallest absolute Gasteiger partial charge is 0.00199 e. The first-order chi connectivity index (χ1) is 11.7. The first-order valence-corrected chi connectivity index (χ1v) is 9.96. The monoisotopic (exact) mass is 336 g/mol. The lowest BCUT2D eigenvalue weighted by molar-refractivity contribution is 0.811. The second-order valence-corrected chi connectivity index (χ2v) is 8.71. The Labute approximate surface area is 155 Å². The normalized spacial score (nSPS) is 12.0. The van der Waals surface area contributed by atoms with Crippen molar-refractivity contribution in [3.8, 4) is 0 Å². The maximum atomic E-state index is 2.45. The standard InChI is InChI=1S/C25H36/c1-16(2)20-9-11-24(18(5)6)22(13-20)15-23-14-21(17(3)4)10-12-25(23)19(7)8/h9-14,16-19H,15H2,1-8H3. The van der Waals surface area contributed by atoms with E-state index in [1.54, 1.807) is 0 Å². The highest BCUT2D eigenvalue weighted by Gasteiger charge is 2.14. The van der Waals surface area contributed by atoms with Crippen LogP contribution < -0.4 is 0 Å². The van der Waals surface area contributed by atoms with E-state index in [1.165, 1.54) is 33.4 Å². The molecule has 0 heteroatoms. The minimum absolute atomic E-state index is 0.562. The number of hydrogen-bond donors (Lipinski definition) is 0. The van der Waals surface area contributed by atoms with Gasteiger partial charge < -0.3 is 0 Å². The van der Waals surface area contributed by atoms with Gasteiger partial charge in [-0.25, -0.2) is 0 Å². The van der Waals surface area contributed by atoms with Crippen molar-refractivity contribution in [3.63, 3.8) is 0 Å². The van der Waals surface area contributed by atoms with Crippen molar-refractivity contribution in [1.29, 1.82) is 0 Å². The second-order valence-electron chi connectivity index (χ2n) is 8.71. The molecule has 0 bridgehead atoms. The number of hydrogen-bond acceptors (Lipinski definition) is 0. The van der Waals surface area contributed by atoms with Gasteiger partial charge in [0, 0.05) is 0 Å². The highest BCUT2D eigenvalue weighted by molar-refractivity contribution is 5.43. The molecule has 0 unspecified atom stereocenters. The van der Waals surface area contributed by atoms with Gasteiger partial charge in [0.05, 0.1) is 0 Å². The Morgan fingerprint density at radius 1 is 0.520 bits per heavy atom. The molecule has 2 rings (SSSR count). The molecule has 0 aliphatic carbocycles. The average Bonchev–Trinajstić information content (AvgIpc) is 2.54. The summed E-state index contributed by atoms with van der Waals surface area (Å²) in [6.07, 6.45) is 1.04. The fraction of sp³-hybridized carbons (Fsp3) is 0.520. The topological polar surface area (TPSA) is 0 Å². The van der Waals surface area contributed by atoms with E-state index in [0.29, 0.717) is 23.7 Å². The summed E-state index contributed by atoms with van der Waals surface area (Å²) in [4.78, 5) is 0. The Kier molecular flexibility index (Phi) is 6.49. The maximum absolute atomic E-state index is 2.45. The van der Waals surface area contributed by atoms with Crippen LogP contribution in [0.3, 0.4) is 0 Å². The highest BCUT2D eigenvalue weighted by atomic mass is 14.2. The first kappa shape index (κ1) is 19.8. The third-order valence-corrected chi connectivity index (χ3v) is 5.29. The van der Waals surface area contributed by atoms with Crippen LogP contribution >= 0.6 is 0 Å². The second kappa shape index (κ2) is 8.21. The highest BCUT2D eigenvalue weighted by Crippen LogP contribution is 2.30. The summed E-state index contributed by atoms with van der Waals surface area (Å²) in [7, 11) is 0. The van der Waals surface area contributed by atoms with Gasteiger partial charge in [-0.1, -0.05) is 91.8 Å². The van der Waals surface area contributed by atoms with Crippen molar-refractivity contribution in [2.75, 3.05) is 0 Å². The van der Waals surface area contributed by atoms with Crippen LogP contribution in [-0.4, -0.2) is 0 Å². The van der Waals surface area contributed by atoms with Crippen LogP contribution in [0.25, 0.3) is 0 Å². The van der Waals surface area contributed by atoms with Crippen LogP contribution in [0.4, 0.5) is 0 Å². The Hall–Kier alpha value is -1.56. The molecule has 0 saturated heterocycles. The molecule has 0 aliphatic heterocycles. The van der Waals surface area contributed by atoms with Crippen LogP contribution in [0.1, 0.15) is 112 Å². The van der Waals surface area contributed by atoms with Crippen LogP contribution in [0.5, 0.6) is 0 Å². The molecular formula is C25H36. The lowest BCUT2D eigenvalue weighted by atomic mass is 9.85. The Bertz CT molecular complexity index is 640. The van der Waals surface area contributed by atoms with Crippen molar-refractivity contribution >= 4 is 0 Å². The van der Waals surface area contributed by atoms with Gasteiger partial charge >= 0.3 is 0 Å². The summed E-state index contributed by atoms with van der Waals surface area (Å²) in [6.45, 7) is 18.4. The molecule has 0 saturated carbocycles. The molecule has 0 N–H and O–H groups in total. The van der Waals surface area contributed by atoms with Gasteiger partial charge in [0.1, 0.15) is 0 Å². The van der Waals surface area contributed by atoms with Gasteiger partial charge in [0.2, 0.25) is 0 Å². The van der Waals surface area contributed by atoms with E-state index >= 15 is 0 Å². The molecule has 0 aliphatic rings. The third-order valence-electron chi connectivity index (χ3n) is 5.29. The minimum Gasteiger partial charge on any atom is -0.0587 e. The van der Waals surface area contributed by atoms with E-state index < -0.39 is 0 Å². The Balaban J connectivity index is 2.54. The van der Waals surface area contributed by atoms with Gasteiger partial charge in [-0.05, 0) is 63.5 Å². The zero-order valence-corrected chi connectivity index (χ0v) is 17.5. The van der Waals surface area contributed by atoms with Crippen LogP contribution in [0.2, 0.25) is 0 Å². The summed E-state index contributed by atoms with van der Waals surface area (Å²) in [5, 5.41) is 0. The molecule has 0 spiro atoms. The molecule has 0 atom stereocenters. The summed E-state index contributed by atoms with van der Waals surface area (Å²) < 4.78 is 0. The van der Waals surface area contributed by atoms with Crippen molar-refractivity contribution in [2.45, 2.75) is 85.5 Å². The van der Waals surface area contributed by atoms with E-state index in [0.717, 1.165) is 6.42 Å². The summed E-state index contributed by atoms with van der Waals surface area (Å²) >= 11 is 0. The third kappa shape index (κ3) is 4.75. The molecule has 0 fully saturated rings. The van der Waals surface area contributed by atoms with E-state index in [-0.39, 0.29) is 0 Å². The predicted molar refractivity (Wildman–Crippen MR) is 112 cm³/mol. The quantitative estimate of drug-likeness (QED) is 0.505. The van der Waals surface area contributed by atoms with Gasteiger partial charge in [-0.15, -0.1) is 0 Å². The molecule has 0 nitrogen and oxygen atoms in total. The fourth-order valence-electron chi connectivity index (χ4n) is 3.61. The predicted octanol–water partition coefficient (Wildman–Crippen LogP) is 7.77. The molecule has 2 aromatic rings. The Morgan fingerprint density at radius 3 is 1.16 bits per heavy atom. The van der Waals surface area contributed by atoms with E-state index in [9.17, 15) is 0 Å². The number of rotatable bonds is 6. The molecule has 2 aromatic carbocycles. The number of benzene rings is 2. The van der Waals surface area contributed by atoms with Crippen molar-refractivity contribution < 1.29 is 0 Å². The molecule has 0 heterocycles. The summed E-state index contributed by atoms with van der Waals surface area (Å²) in [5.41, 5.74) is 8.90. The molecule has 0 aromatic heterocycles. The lowest BCUT2D eigenvalue weighted by Gasteiger charge is -2.20. The fourth-order valence-corrected chi connectivity index (χ4v) is 3.61. The summed E-state index contributed by atoms with van der Waals surface area (Å²) in [5.74, 6) is 2.28. The molecule has 136 valence electrons. The van der Waals surface area contributed by atoms with Gasteiger partial charge in [0.15, 0.2) is 0 Å². The molecule has 25 heavy (non-hydrogen) atoms. The first-order valence-electron chi connectivity index (χ1n) is 9.96. The molecule has 0 radical (unpaired) electrons. The lowest BCUT2D eigenvalue weighted by Crippen LogP contribution is -2.04. The molecular weight excluding hydrogens is 300 g/mol. The molecule has 0 amide bonds. The van der Waals surface area contributed by atoms with Crippen molar-refractivity contribution in [1.82, 2.24) is 0 Å². The van der Waals surface area contributed by atoms with Crippen LogP contribution in [0, 0.1) is 0 Å².